The van der Waals surface area contributed by atoms with Crippen LogP contribution in [0.2, 0.25) is 5.02 Å². The van der Waals surface area contributed by atoms with E-state index in [2.05, 4.69) is 15.5 Å². The molecule has 9 heteroatoms. The summed E-state index contributed by atoms with van der Waals surface area (Å²) in [4.78, 5) is 26.9. The zero-order valence-electron chi connectivity index (χ0n) is 17.3. The maximum atomic E-state index is 12.5. The second-order valence-electron chi connectivity index (χ2n) is 7.19. The average Bonchev–Trinajstić information content (AvgIpc) is 3.16. The molecular weight excluding hydrogens is 410 g/mol. The fourth-order valence-corrected chi connectivity index (χ4v) is 3.67. The molecule has 2 N–H and O–H groups in total. The van der Waals surface area contributed by atoms with Gasteiger partial charge < -0.3 is 24.5 Å². The standard InChI is InChI=1S/C21H26ClN3O5/c1-13-6-9-30-20(13)21(27)23-14-4-7-25(8-5-14)12-19(26)24-16-11-17(28-2)15(22)10-18(16)29-3/h6,9-11,14H,4-5,7-8,12H2,1-3H3,(H,23,27)(H,24,26). The molecule has 2 heterocycles. The smallest absolute Gasteiger partial charge is 0.287 e. The molecule has 2 amide bonds. The number of carbonyl (C=O) groups is 2. The van der Waals surface area contributed by atoms with Crippen molar-refractivity contribution >= 4 is 29.1 Å². The molecule has 1 saturated heterocycles. The van der Waals surface area contributed by atoms with Gasteiger partial charge >= 0.3 is 0 Å². The van der Waals surface area contributed by atoms with Crippen LogP contribution in [-0.2, 0) is 4.79 Å². The number of anilines is 1. The molecule has 0 aliphatic carbocycles. The Labute approximate surface area is 180 Å². The molecule has 1 aromatic carbocycles. The first-order valence-corrected chi connectivity index (χ1v) is 10.1. The van der Waals surface area contributed by atoms with Gasteiger partial charge in [-0.15, -0.1) is 0 Å². The van der Waals surface area contributed by atoms with E-state index in [1.54, 1.807) is 18.2 Å². The molecule has 1 aromatic heterocycles. The van der Waals surface area contributed by atoms with Gasteiger partial charge in [0.15, 0.2) is 5.76 Å². The average molecular weight is 436 g/mol. The molecule has 0 atom stereocenters. The number of nitrogens with zero attached hydrogens (tertiary/aromatic N) is 1. The summed E-state index contributed by atoms with van der Waals surface area (Å²) in [6.45, 7) is 3.49. The van der Waals surface area contributed by atoms with E-state index in [4.69, 9.17) is 25.5 Å². The van der Waals surface area contributed by atoms with Gasteiger partial charge in [-0.25, -0.2) is 0 Å². The van der Waals surface area contributed by atoms with Crippen LogP contribution >= 0.6 is 11.6 Å². The van der Waals surface area contributed by atoms with Crippen LogP contribution in [0.4, 0.5) is 5.69 Å². The highest BCUT2D eigenvalue weighted by atomic mass is 35.5. The number of ether oxygens (including phenoxy) is 2. The van der Waals surface area contributed by atoms with E-state index >= 15 is 0 Å². The summed E-state index contributed by atoms with van der Waals surface area (Å²) in [6, 6.07) is 5.06. The van der Waals surface area contributed by atoms with Gasteiger partial charge in [-0.3, -0.25) is 14.5 Å². The monoisotopic (exact) mass is 435 g/mol. The third-order valence-electron chi connectivity index (χ3n) is 5.11. The molecule has 0 unspecified atom stereocenters. The van der Waals surface area contributed by atoms with Gasteiger partial charge in [0.2, 0.25) is 5.91 Å². The Kier molecular flexibility index (Phi) is 7.23. The number of hydrogen-bond acceptors (Lipinski definition) is 6. The van der Waals surface area contributed by atoms with E-state index in [1.165, 1.54) is 20.5 Å². The van der Waals surface area contributed by atoms with Gasteiger partial charge in [0.1, 0.15) is 11.5 Å². The van der Waals surface area contributed by atoms with E-state index in [0.717, 1.165) is 18.4 Å². The summed E-state index contributed by atoms with van der Waals surface area (Å²) in [7, 11) is 3.02. The number of methoxy groups -OCH3 is 2. The van der Waals surface area contributed by atoms with Crippen molar-refractivity contribution in [1.82, 2.24) is 10.2 Å². The quantitative estimate of drug-likeness (QED) is 0.694. The number of benzene rings is 1. The fraction of sp³-hybridized carbons (Fsp3) is 0.429. The highest BCUT2D eigenvalue weighted by Gasteiger charge is 2.24. The molecule has 3 rings (SSSR count). The molecule has 30 heavy (non-hydrogen) atoms. The van der Waals surface area contributed by atoms with Gasteiger partial charge in [-0.05, 0) is 25.8 Å². The molecule has 1 aliphatic rings. The number of likely N-dealkylation sites (tertiary alicyclic amines) is 1. The third kappa shape index (κ3) is 5.25. The summed E-state index contributed by atoms with van der Waals surface area (Å²) in [6.07, 6.45) is 3.03. The normalized spacial score (nSPS) is 14.9. The Balaban J connectivity index is 1.50. The van der Waals surface area contributed by atoms with Crippen LogP contribution in [0.25, 0.3) is 0 Å². The first-order chi connectivity index (χ1) is 14.4. The van der Waals surface area contributed by atoms with Crippen molar-refractivity contribution in [3.8, 4) is 11.5 Å². The van der Waals surface area contributed by atoms with Crippen molar-refractivity contribution in [2.75, 3.05) is 39.2 Å². The molecule has 0 saturated carbocycles. The van der Waals surface area contributed by atoms with Gasteiger partial charge in [0.05, 0.1) is 37.7 Å². The van der Waals surface area contributed by atoms with E-state index in [1.807, 2.05) is 6.92 Å². The van der Waals surface area contributed by atoms with Crippen molar-refractivity contribution in [2.24, 2.45) is 0 Å². The minimum absolute atomic E-state index is 0.0573. The minimum atomic E-state index is -0.197. The first-order valence-electron chi connectivity index (χ1n) is 9.70. The number of rotatable bonds is 7. The molecule has 2 aromatic rings. The van der Waals surface area contributed by atoms with E-state index in [0.29, 0.717) is 41.1 Å². The Bertz CT molecular complexity index is 906. The van der Waals surface area contributed by atoms with Gasteiger partial charge in [0, 0.05) is 36.8 Å². The van der Waals surface area contributed by atoms with Crippen molar-refractivity contribution in [3.63, 3.8) is 0 Å². The summed E-state index contributed by atoms with van der Waals surface area (Å²) in [5.74, 6) is 0.910. The van der Waals surface area contributed by atoms with Gasteiger partial charge in [0.25, 0.3) is 5.91 Å². The highest BCUT2D eigenvalue weighted by molar-refractivity contribution is 6.32. The van der Waals surface area contributed by atoms with Gasteiger partial charge in [-0.1, -0.05) is 11.6 Å². The summed E-state index contributed by atoms with van der Waals surface area (Å²) in [5.41, 5.74) is 1.32. The lowest BCUT2D eigenvalue weighted by atomic mass is 10.0. The number of nitrogens with one attached hydrogen (secondary N) is 2. The molecular formula is C21H26ClN3O5. The fourth-order valence-electron chi connectivity index (χ4n) is 3.44. The lowest BCUT2D eigenvalue weighted by Gasteiger charge is -2.31. The summed E-state index contributed by atoms with van der Waals surface area (Å²) < 4.78 is 15.7. The minimum Gasteiger partial charge on any atom is -0.495 e. The van der Waals surface area contributed by atoms with Crippen molar-refractivity contribution < 1.29 is 23.5 Å². The Morgan fingerprint density at radius 1 is 1.20 bits per heavy atom. The van der Waals surface area contributed by atoms with Crippen molar-refractivity contribution in [1.29, 1.82) is 0 Å². The van der Waals surface area contributed by atoms with E-state index in [9.17, 15) is 9.59 Å². The van der Waals surface area contributed by atoms with E-state index in [-0.39, 0.29) is 24.4 Å². The van der Waals surface area contributed by atoms with Crippen LogP contribution in [0.3, 0.4) is 0 Å². The lowest BCUT2D eigenvalue weighted by Crippen LogP contribution is -2.46. The zero-order valence-corrected chi connectivity index (χ0v) is 18.0. The van der Waals surface area contributed by atoms with Crippen LogP contribution in [0.15, 0.2) is 28.9 Å². The second kappa shape index (κ2) is 9.86. The van der Waals surface area contributed by atoms with Crippen LogP contribution in [0.1, 0.15) is 29.0 Å². The third-order valence-corrected chi connectivity index (χ3v) is 5.40. The van der Waals surface area contributed by atoms with Gasteiger partial charge in [-0.2, -0.15) is 0 Å². The maximum Gasteiger partial charge on any atom is 0.287 e. The van der Waals surface area contributed by atoms with Crippen LogP contribution < -0.4 is 20.1 Å². The zero-order chi connectivity index (χ0) is 21.7. The molecule has 0 spiro atoms. The molecule has 0 bridgehead atoms. The van der Waals surface area contributed by atoms with Crippen LogP contribution in [0, 0.1) is 6.92 Å². The predicted molar refractivity (Wildman–Crippen MR) is 114 cm³/mol. The largest absolute Gasteiger partial charge is 0.495 e. The molecule has 1 fully saturated rings. The van der Waals surface area contributed by atoms with E-state index < -0.39 is 0 Å². The lowest BCUT2D eigenvalue weighted by molar-refractivity contribution is -0.117. The number of carbonyl (C=O) groups excluding carboxylic acids is 2. The number of hydrogen-bond donors (Lipinski definition) is 2. The number of aryl methyl sites for hydroxylation is 1. The summed E-state index contributed by atoms with van der Waals surface area (Å²) >= 11 is 6.10. The number of halogens is 1. The Morgan fingerprint density at radius 3 is 2.50 bits per heavy atom. The van der Waals surface area contributed by atoms with Crippen LogP contribution in [-0.4, -0.2) is 56.6 Å². The molecule has 0 radical (unpaired) electrons. The number of piperidine rings is 1. The SMILES string of the molecule is COc1cc(NC(=O)CN2CCC(NC(=O)c3occc3C)CC2)c(OC)cc1Cl. The van der Waals surface area contributed by atoms with Crippen molar-refractivity contribution in [2.45, 2.75) is 25.8 Å². The molecule has 8 nitrogen and oxygen atoms in total. The first kappa shape index (κ1) is 22.0. The predicted octanol–water partition coefficient (Wildman–Crippen LogP) is 3.09. The number of amides is 2. The summed E-state index contributed by atoms with van der Waals surface area (Å²) in [5, 5.41) is 6.26. The van der Waals surface area contributed by atoms with Crippen LogP contribution in [0.5, 0.6) is 11.5 Å². The molecule has 1 aliphatic heterocycles. The topological polar surface area (TPSA) is 93.0 Å². The maximum absolute atomic E-state index is 12.5. The second-order valence-corrected chi connectivity index (χ2v) is 7.60. The van der Waals surface area contributed by atoms with Crippen molar-refractivity contribution in [3.05, 3.63) is 40.8 Å². The Hall–Kier alpha value is -2.71. The highest BCUT2D eigenvalue weighted by Crippen LogP contribution is 2.35. The number of furan rings is 1. The molecule has 162 valence electrons. The Morgan fingerprint density at radius 2 is 1.90 bits per heavy atom.